The lowest BCUT2D eigenvalue weighted by Crippen LogP contribution is -2.15. The first-order valence-corrected chi connectivity index (χ1v) is 8.45. The Hall–Kier alpha value is 0.490. The van der Waals surface area contributed by atoms with Gasteiger partial charge in [-0.25, -0.2) is 0 Å². The Labute approximate surface area is 114 Å². The second-order valence-electron chi connectivity index (χ2n) is 4.26. The third kappa shape index (κ3) is 3.49. The highest BCUT2D eigenvalue weighted by Crippen LogP contribution is 2.41. The zero-order chi connectivity index (χ0) is 11.4. The average molecular weight is 320 g/mol. The van der Waals surface area contributed by atoms with Gasteiger partial charge >= 0.3 is 0 Å². The van der Waals surface area contributed by atoms with Gasteiger partial charge in [-0.2, -0.15) is 0 Å². The summed E-state index contributed by atoms with van der Waals surface area (Å²) in [6, 6.07) is 4.34. The molecule has 0 spiro atoms. The van der Waals surface area contributed by atoms with Crippen LogP contribution >= 0.6 is 39.0 Å². The van der Waals surface area contributed by atoms with Gasteiger partial charge < -0.3 is 5.73 Å². The van der Waals surface area contributed by atoms with Gasteiger partial charge in [0.15, 0.2) is 0 Å². The van der Waals surface area contributed by atoms with Gasteiger partial charge in [0.05, 0.1) is 9.04 Å². The zero-order valence-corrected chi connectivity index (χ0v) is 12.5. The molecule has 1 unspecified atom stereocenters. The van der Waals surface area contributed by atoms with E-state index in [0.29, 0.717) is 5.25 Å². The van der Waals surface area contributed by atoms with Crippen molar-refractivity contribution in [1.82, 2.24) is 0 Å². The Kier molecular flexibility index (Phi) is 5.20. The van der Waals surface area contributed by atoms with E-state index in [1.54, 1.807) is 0 Å². The summed E-state index contributed by atoms with van der Waals surface area (Å²) in [5, 5.41) is 1.34. The van der Waals surface area contributed by atoms with Gasteiger partial charge in [0.2, 0.25) is 0 Å². The van der Waals surface area contributed by atoms with E-state index in [1.165, 1.54) is 40.8 Å². The topological polar surface area (TPSA) is 26.0 Å². The van der Waals surface area contributed by atoms with Crippen molar-refractivity contribution in [2.75, 3.05) is 6.54 Å². The maximum atomic E-state index is 5.90. The SMILES string of the molecule is NCC(SC1CCCCC1)c1ccc(Br)s1. The van der Waals surface area contributed by atoms with Gasteiger partial charge in [-0.1, -0.05) is 19.3 Å². The van der Waals surface area contributed by atoms with Crippen LogP contribution in [0.25, 0.3) is 0 Å². The molecule has 16 heavy (non-hydrogen) atoms. The summed E-state index contributed by atoms with van der Waals surface area (Å²) in [5.74, 6) is 0. The fraction of sp³-hybridized carbons (Fsp3) is 0.667. The summed E-state index contributed by atoms with van der Waals surface area (Å²) in [4.78, 5) is 1.42. The van der Waals surface area contributed by atoms with Crippen LogP contribution in [-0.2, 0) is 0 Å². The molecule has 0 bridgehead atoms. The first kappa shape index (κ1) is 12.9. The van der Waals surface area contributed by atoms with Gasteiger partial charge in [0, 0.05) is 16.7 Å². The molecule has 0 saturated heterocycles. The summed E-state index contributed by atoms with van der Waals surface area (Å²) in [5.41, 5.74) is 5.90. The van der Waals surface area contributed by atoms with Crippen molar-refractivity contribution >= 4 is 39.0 Å². The maximum absolute atomic E-state index is 5.90. The molecular weight excluding hydrogens is 302 g/mol. The molecular formula is C12H18BrNS2. The molecule has 1 aliphatic rings. The average Bonchev–Trinajstić information content (AvgIpc) is 2.74. The molecule has 0 amide bonds. The first-order valence-electron chi connectivity index (χ1n) is 5.90. The quantitative estimate of drug-likeness (QED) is 0.879. The lowest BCUT2D eigenvalue weighted by atomic mass is 10.0. The molecule has 0 radical (unpaired) electrons. The highest BCUT2D eigenvalue weighted by atomic mass is 79.9. The highest BCUT2D eigenvalue weighted by molar-refractivity contribution is 9.11. The predicted molar refractivity (Wildman–Crippen MR) is 78.3 cm³/mol. The molecule has 2 N–H and O–H groups in total. The van der Waals surface area contributed by atoms with Crippen molar-refractivity contribution in [2.24, 2.45) is 5.73 Å². The minimum absolute atomic E-state index is 0.499. The van der Waals surface area contributed by atoms with Crippen LogP contribution in [-0.4, -0.2) is 11.8 Å². The fourth-order valence-electron chi connectivity index (χ4n) is 2.17. The summed E-state index contributed by atoms with van der Waals surface area (Å²) in [6.45, 7) is 0.758. The van der Waals surface area contributed by atoms with Crippen LogP contribution in [0.15, 0.2) is 15.9 Å². The summed E-state index contributed by atoms with van der Waals surface area (Å²) >= 11 is 7.44. The molecule has 1 atom stereocenters. The molecule has 4 heteroatoms. The second-order valence-corrected chi connectivity index (χ2v) is 8.26. The van der Waals surface area contributed by atoms with E-state index in [-0.39, 0.29) is 0 Å². The van der Waals surface area contributed by atoms with Crippen LogP contribution < -0.4 is 5.73 Å². The smallest absolute Gasteiger partial charge is 0.0701 e. The minimum atomic E-state index is 0.499. The molecule has 1 aromatic rings. The summed E-state index contributed by atoms with van der Waals surface area (Å²) < 4.78 is 1.21. The molecule has 1 heterocycles. The Balaban J connectivity index is 1.94. The Morgan fingerprint density at radius 1 is 1.38 bits per heavy atom. The minimum Gasteiger partial charge on any atom is -0.329 e. The van der Waals surface area contributed by atoms with Crippen molar-refractivity contribution in [3.63, 3.8) is 0 Å². The molecule has 1 nitrogen and oxygen atoms in total. The zero-order valence-electron chi connectivity index (χ0n) is 9.32. The van der Waals surface area contributed by atoms with E-state index < -0.39 is 0 Å². The molecule has 1 aromatic heterocycles. The van der Waals surface area contributed by atoms with Gasteiger partial charge in [0.1, 0.15) is 0 Å². The van der Waals surface area contributed by atoms with Gasteiger partial charge in [-0.15, -0.1) is 23.1 Å². The molecule has 90 valence electrons. The van der Waals surface area contributed by atoms with Crippen LogP contribution in [0.2, 0.25) is 0 Å². The number of halogens is 1. The van der Waals surface area contributed by atoms with E-state index in [2.05, 4.69) is 39.8 Å². The Morgan fingerprint density at radius 2 is 2.12 bits per heavy atom. The van der Waals surface area contributed by atoms with Gasteiger partial charge in [-0.05, 0) is 40.9 Å². The number of hydrogen-bond donors (Lipinski definition) is 1. The van der Waals surface area contributed by atoms with Crippen LogP contribution in [0, 0.1) is 0 Å². The van der Waals surface area contributed by atoms with E-state index >= 15 is 0 Å². The number of thiophene rings is 1. The largest absolute Gasteiger partial charge is 0.329 e. The molecule has 2 rings (SSSR count). The number of rotatable bonds is 4. The Bertz CT molecular complexity index is 321. The molecule has 0 aromatic carbocycles. The highest BCUT2D eigenvalue weighted by Gasteiger charge is 2.20. The van der Waals surface area contributed by atoms with Gasteiger partial charge in [-0.3, -0.25) is 0 Å². The summed E-state index contributed by atoms with van der Waals surface area (Å²) in [6.07, 6.45) is 7.00. The van der Waals surface area contributed by atoms with Crippen molar-refractivity contribution in [2.45, 2.75) is 42.6 Å². The normalized spacial score (nSPS) is 19.9. The third-order valence-electron chi connectivity index (χ3n) is 3.03. The Morgan fingerprint density at radius 3 is 2.69 bits per heavy atom. The van der Waals surface area contributed by atoms with Gasteiger partial charge in [0.25, 0.3) is 0 Å². The van der Waals surface area contributed by atoms with Crippen LogP contribution in [0.3, 0.4) is 0 Å². The predicted octanol–water partition coefficient (Wildman–Crippen LogP) is 4.58. The van der Waals surface area contributed by atoms with E-state index in [4.69, 9.17) is 5.73 Å². The fourth-order valence-corrected chi connectivity index (χ4v) is 5.30. The standard InChI is InChI=1S/C12H18BrNS2/c13-12-7-6-10(16-12)11(8-14)15-9-4-2-1-3-5-9/h6-7,9,11H,1-5,8,14H2. The van der Waals surface area contributed by atoms with Crippen molar-refractivity contribution in [3.05, 3.63) is 20.8 Å². The summed E-state index contributed by atoms with van der Waals surface area (Å²) in [7, 11) is 0. The van der Waals surface area contributed by atoms with Crippen molar-refractivity contribution in [3.8, 4) is 0 Å². The number of hydrogen-bond acceptors (Lipinski definition) is 3. The van der Waals surface area contributed by atoms with Crippen LogP contribution in [0.4, 0.5) is 0 Å². The third-order valence-corrected chi connectivity index (χ3v) is 6.55. The molecule has 0 aliphatic heterocycles. The van der Waals surface area contributed by atoms with Crippen LogP contribution in [0.1, 0.15) is 42.2 Å². The van der Waals surface area contributed by atoms with E-state index in [9.17, 15) is 0 Å². The van der Waals surface area contributed by atoms with Crippen LogP contribution in [0.5, 0.6) is 0 Å². The van der Waals surface area contributed by atoms with E-state index in [0.717, 1.165) is 11.8 Å². The van der Waals surface area contributed by atoms with Crippen molar-refractivity contribution < 1.29 is 0 Å². The lowest BCUT2D eigenvalue weighted by molar-refractivity contribution is 0.515. The lowest BCUT2D eigenvalue weighted by Gasteiger charge is -2.25. The number of nitrogens with two attached hydrogens (primary N) is 1. The monoisotopic (exact) mass is 319 g/mol. The number of thioether (sulfide) groups is 1. The molecule has 1 aliphatic carbocycles. The first-order chi connectivity index (χ1) is 7.79. The molecule has 1 fully saturated rings. The molecule has 1 saturated carbocycles. The maximum Gasteiger partial charge on any atom is 0.0701 e. The second kappa shape index (κ2) is 6.43. The van der Waals surface area contributed by atoms with Crippen molar-refractivity contribution in [1.29, 1.82) is 0 Å². The van der Waals surface area contributed by atoms with E-state index in [1.807, 2.05) is 11.3 Å².